The summed E-state index contributed by atoms with van der Waals surface area (Å²) < 4.78 is 6.40. The van der Waals surface area contributed by atoms with Crippen LogP contribution in [0.25, 0.3) is 0 Å². The lowest BCUT2D eigenvalue weighted by Gasteiger charge is -2.15. The molecule has 0 heterocycles. The lowest BCUT2D eigenvalue weighted by molar-refractivity contribution is 0.408. The molecule has 17 heavy (non-hydrogen) atoms. The van der Waals surface area contributed by atoms with Crippen molar-refractivity contribution in [3.63, 3.8) is 0 Å². The number of hydrogen-bond acceptors (Lipinski definition) is 3. The van der Waals surface area contributed by atoms with Crippen molar-refractivity contribution in [3.8, 4) is 5.75 Å². The predicted octanol–water partition coefficient (Wildman–Crippen LogP) is 3.35. The van der Waals surface area contributed by atoms with E-state index in [0.717, 1.165) is 40.6 Å². The summed E-state index contributed by atoms with van der Waals surface area (Å²) in [5, 5.41) is 0. The first-order chi connectivity index (χ1) is 8.16. The van der Waals surface area contributed by atoms with Crippen LogP contribution in [0.5, 0.6) is 5.75 Å². The summed E-state index contributed by atoms with van der Waals surface area (Å²) in [6.07, 6.45) is 4.38. The number of halogens is 1. The fourth-order valence-corrected chi connectivity index (χ4v) is 2.80. The largest absolute Gasteiger partial charge is 0.496 e. The van der Waals surface area contributed by atoms with Gasteiger partial charge in [-0.3, -0.25) is 0 Å². The van der Waals surface area contributed by atoms with Crippen LogP contribution < -0.4 is 4.74 Å². The second kappa shape index (κ2) is 4.63. The molecule has 1 fully saturated rings. The summed E-state index contributed by atoms with van der Waals surface area (Å²) >= 11 is 3.55. The van der Waals surface area contributed by atoms with Gasteiger partial charge in [-0.2, -0.15) is 4.99 Å². The highest BCUT2D eigenvalue weighted by molar-refractivity contribution is 9.10. The molecule has 0 spiro atoms. The molecule has 3 nitrogen and oxygen atoms in total. The van der Waals surface area contributed by atoms with Gasteiger partial charge in [0.05, 0.1) is 12.6 Å². The normalized spacial score (nSPS) is 16.2. The fraction of sp³-hybridized carbons (Fsp3) is 0.462. The van der Waals surface area contributed by atoms with Gasteiger partial charge in [-0.05, 0) is 37.0 Å². The molecule has 1 saturated carbocycles. The number of nitrogens with zero attached hydrogens (tertiary/aromatic N) is 1. The van der Waals surface area contributed by atoms with Crippen molar-refractivity contribution < 1.29 is 9.53 Å². The van der Waals surface area contributed by atoms with Crippen molar-refractivity contribution in [2.75, 3.05) is 7.11 Å². The number of rotatable bonds is 4. The first-order valence-electron chi connectivity index (χ1n) is 5.63. The van der Waals surface area contributed by atoms with Crippen LogP contribution in [0.15, 0.2) is 21.6 Å². The SMILES string of the molecule is CCc1c(Br)cc(C2(N=C=O)CC2)cc1OC. The molecule has 0 aromatic heterocycles. The highest BCUT2D eigenvalue weighted by Gasteiger charge is 2.45. The van der Waals surface area contributed by atoms with Gasteiger partial charge in [0.2, 0.25) is 6.08 Å². The third kappa shape index (κ3) is 2.15. The van der Waals surface area contributed by atoms with Crippen molar-refractivity contribution >= 4 is 22.0 Å². The summed E-state index contributed by atoms with van der Waals surface area (Å²) in [6.45, 7) is 2.08. The minimum Gasteiger partial charge on any atom is -0.496 e. The Labute approximate surface area is 109 Å². The lowest BCUT2D eigenvalue weighted by atomic mass is 10.0. The molecule has 0 aliphatic heterocycles. The average molecular weight is 296 g/mol. The molecule has 1 aliphatic rings. The van der Waals surface area contributed by atoms with Gasteiger partial charge in [0.1, 0.15) is 5.75 Å². The minimum absolute atomic E-state index is 0.343. The number of isocyanates is 1. The first-order valence-corrected chi connectivity index (χ1v) is 6.42. The van der Waals surface area contributed by atoms with E-state index >= 15 is 0 Å². The zero-order valence-corrected chi connectivity index (χ0v) is 11.5. The second-order valence-corrected chi connectivity index (χ2v) is 5.08. The van der Waals surface area contributed by atoms with Crippen LogP contribution in [0.2, 0.25) is 0 Å². The van der Waals surface area contributed by atoms with E-state index in [9.17, 15) is 4.79 Å². The highest BCUT2D eigenvalue weighted by Crippen LogP contribution is 2.51. The second-order valence-electron chi connectivity index (χ2n) is 4.23. The molecule has 0 N–H and O–H groups in total. The van der Waals surface area contributed by atoms with Crippen LogP contribution in [0.3, 0.4) is 0 Å². The lowest BCUT2D eigenvalue weighted by Crippen LogP contribution is -2.04. The molecule has 4 heteroatoms. The minimum atomic E-state index is -0.343. The van der Waals surface area contributed by atoms with Crippen LogP contribution >= 0.6 is 15.9 Å². The molecule has 0 atom stereocenters. The molecular formula is C13H14BrNO2. The van der Waals surface area contributed by atoms with Crippen molar-refractivity contribution in [2.24, 2.45) is 4.99 Å². The van der Waals surface area contributed by atoms with Gasteiger partial charge >= 0.3 is 0 Å². The van der Waals surface area contributed by atoms with Gasteiger partial charge in [-0.1, -0.05) is 22.9 Å². The van der Waals surface area contributed by atoms with Gasteiger partial charge in [-0.15, -0.1) is 0 Å². The van der Waals surface area contributed by atoms with Crippen LogP contribution in [0.1, 0.15) is 30.9 Å². The summed E-state index contributed by atoms with van der Waals surface area (Å²) in [6, 6.07) is 4.02. The topological polar surface area (TPSA) is 38.7 Å². The monoisotopic (exact) mass is 295 g/mol. The molecule has 0 radical (unpaired) electrons. The maximum atomic E-state index is 10.5. The third-order valence-corrected chi connectivity index (χ3v) is 3.96. The van der Waals surface area contributed by atoms with Gasteiger partial charge in [0, 0.05) is 10.0 Å². The van der Waals surface area contributed by atoms with E-state index in [1.165, 1.54) is 0 Å². The maximum Gasteiger partial charge on any atom is 0.235 e. The van der Waals surface area contributed by atoms with Crippen molar-refractivity contribution in [1.29, 1.82) is 0 Å². The molecule has 0 saturated heterocycles. The summed E-state index contributed by atoms with van der Waals surface area (Å²) in [5.41, 5.74) is 1.83. The van der Waals surface area contributed by atoms with Crippen molar-refractivity contribution in [1.82, 2.24) is 0 Å². The fourth-order valence-electron chi connectivity index (χ4n) is 2.08. The van der Waals surface area contributed by atoms with E-state index in [-0.39, 0.29) is 5.54 Å². The summed E-state index contributed by atoms with van der Waals surface area (Å²) in [4.78, 5) is 14.4. The quantitative estimate of drug-likeness (QED) is 0.631. The molecule has 0 unspecified atom stereocenters. The van der Waals surface area contributed by atoms with E-state index < -0.39 is 0 Å². The summed E-state index contributed by atoms with van der Waals surface area (Å²) in [7, 11) is 1.66. The van der Waals surface area contributed by atoms with Crippen molar-refractivity contribution in [3.05, 3.63) is 27.7 Å². The Balaban J connectivity index is 2.51. The Hall–Kier alpha value is -1.12. The van der Waals surface area contributed by atoms with Gasteiger partial charge < -0.3 is 4.74 Å². The number of benzene rings is 1. The molecule has 0 amide bonds. The van der Waals surface area contributed by atoms with Crippen LogP contribution in [0.4, 0.5) is 0 Å². The first kappa shape index (κ1) is 12.3. The Morgan fingerprint density at radius 2 is 2.24 bits per heavy atom. The average Bonchev–Trinajstić information content (AvgIpc) is 3.09. The highest BCUT2D eigenvalue weighted by atomic mass is 79.9. The number of hydrogen-bond donors (Lipinski definition) is 0. The van der Waals surface area contributed by atoms with Crippen molar-refractivity contribution in [2.45, 2.75) is 31.7 Å². The van der Waals surface area contributed by atoms with Crippen LogP contribution in [-0.2, 0) is 16.8 Å². The number of methoxy groups -OCH3 is 1. The van der Waals surface area contributed by atoms with E-state index in [2.05, 4.69) is 27.8 Å². The molecular weight excluding hydrogens is 282 g/mol. The van der Waals surface area contributed by atoms with Crippen LogP contribution in [-0.4, -0.2) is 13.2 Å². The van der Waals surface area contributed by atoms with E-state index in [1.54, 1.807) is 13.2 Å². The third-order valence-electron chi connectivity index (χ3n) is 3.25. The molecule has 1 aromatic carbocycles. The number of aliphatic imine (C=N–C) groups is 1. The maximum absolute atomic E-state index is 10.5. The smallest absolute Gasteiger partial charge is 0.235 e. The van der Waals surface area contributed by atoms with Gasteiger partial charge in [-0.25, -0.2) is 4.79 Å². The predicted molar refractivity (Wildman–Crippen MR) is 69.1 cm³/mol. The van der Waals surface area contributed by atoms with Gasteiger partial charge in [0.25, 0.3) is 0 Å². The number of carbonyl (C=O) groups excluding carboxylic acids is 1. The Kier molecular flexibility index (Phi) is 3.36. The van der Waals surface area contributed by atoms with E-state index in [4.69, 9.17) is 4.74 Å². The van der Waals surface area contributed by atoms with Gasteiger partial charge in [0.15, 0.2) is 0 Å². The Morgan fingerprint density at radius 1 is 1.53 bits per heavy atom. The molecule has 1 aliphatic carbocycles. The standard InChI is InChI=1S/C13H14BrNO2/c1-3-10-11(14)6-9(7-12(10)17-2)13(4-5-13)15-8-16/h6-7H,3-5H2,1-2H3. The molecule has 0 bridgehead atoms. The zero-order chi connectivity index (χ0) is 12.5. The summed E-state index contributed by atoms with van der Waals surface area (Å²) in [5.74, 6) is 0.851. The number of ether oxygens (including phenoxy) is 1. The zero-order valence-electron chi connectivity index (χ0n) is 9.92. The molecule has 1 aromatic rings. The Bertz CT molecular complexity index is 488. The molecule has 2 rings (SSSR count). The van der Waals surface area contributed by atoms with Crippen LogP contribution in [0, 0.1) is 0 Å². The van der Waals surface area contributed by atoms with E-state index in [0.29, 0.717) is 0 Å². The van der Waals surface area contributed by atoms with E-state index in [1.807, 2.05) is 12.1 Å². The molecule has 90 valence electrons. The Morgan fingerprint density at radius 3 is 2.71 bits per heavy atom.